The van der Waals surface area contributed by atoms with E-state index in [9.17, 15) is 9.59 Å². The topological polar surface area (TPSA) is 90.6 Å². The zero-order chi connectivity index (χ0) is 18.1. The number of hydrogen-bond acceptors (Lipinski definition) is 4. The molecule has 0 spiro atoms. The molecule has 0 saturated carbocycles. The fourth-order valence-corrected chi connectivity index (χ4v) is 3.53. The molecule has 6 nitrogen and oxygen atoms in total. The molecule has 26 heavy (non-hydrogen) atoms. The highest BCUT2D eigenvalue weighted by molar-refractivity contribution is 8.00. The predicted octanol–water partition coefficient (Wildman–Crippen LogP) is 3.52. The van der Waals surface area contributed by atoms with E-state index in [4.69, 9.17) is 0 Å². The van der Waals surface area contributed by atoms with E-state index in [1.165, 1.54) is 11.8 Å². The Morgan fingerprint density at radius 3 is 2.77 bits per heavy atom. The van der Waals surface area contributed by atoms with Crippen molar-refractivity contribution in [3.8, 4) is 0 Å². The molecule has 0 aliphatic carbocycles. The number of rotatable bonds is 4. The Hall–Kier alpha value is -3.06. The molecule has 0 aliphatic rings. The second-order valence-electron chi connectivity index (χ2n) is 5.93. The van der Waals surface area contributed by atoms with Crippen molar-refractivity contribution >= 4 is 45.3 Å². The minimum atomic E-state index is -0.315. The lowest BCUT2D eigenvalue weighted by Gasteiger charge is -2.12. The van der Waals surface area contributed by atoms with Gasteiger partial charge in [-0.25, -0.2) is 9.78 Å². The van der Waals surface area contributed by atoms with Crippen LogP contribution in [0.2, 0.25) is 0 Å². The van der Waals surface area contributed by atoms with E-state index in [1.807, 2.05) is 43.3 Å². The molecular weight excluding hydrogens is 348 g/mol. The summed E-state index contributed by atoms with van der Waals surface area (Å²) in [6.45, 7) is 1.84. The summed E-state index contributed by atoms with van der Waals surface area (Å²) in [6.07, 6.45) is 0. The Morgan fingerprint density at radius 2 is 1.88 bits per heavy atom. The summed E-state index contributed by atoms with van der Waals surface area (Å²) in [5, 5.41) is 4.44. The van der Waals surface area contributed by atoms with Gasteiger partial charge in [0.2, 0.25) is 5.91 Å². The van der Waals surface area contributed by atoms with Crippen molar-refractivity contribution in [2.24, 2.45) is 0 Å². The summed E-state index contributed by atoms with van der Waals surface area (Å²) in [7, 11) is 0. The van der Waals surface area contributed by atoms with E-state index >= 15 is 0 Å². The number of carbonyl (C=O) groups excluding carboxylic acids is 1. The van der Waals surface area contributed by atoms with Gasteiger partial charge in [0.15, 0.2) is 0 Å². The van der Waals surface area contributed by atoms with E-state index in [0.29, 0.717) is 16.7 Å². The van der Waals surface area contributed by atoms with Gasteiger partial charge < -0.3 is 15.3 Å². The average Bonchev–Trinajstić information content (AvgIpc) is 3.01. The van der Waals surface area contributed by atoms with E-state index in [2.05, 4.69) is 20.3 Å². The zero-order valence-electron chi connectivity index (χ0n) is 13.9. The van der Waals surface area contributed by atoms with Crippen LogP contribution in [0.25, 0.3) is 21.9 Å². The maximum absolute atomic E-state index is 12.5. The van der Waals surface area contributed by atoms with Gasteiger partial charge in [-0.15, -0.1) is 0 Å². The number of aromatic amines is 2. The van der Waals surface area contributed by atoms with Crippen molar-refractivity contribution in [3.63, 3.8) is 0 Å². The van der Waals surface area contributed by atoms with E-state index in [-0.39, 0.29) is 16.8 Å². The number of benzene rings is 2. The smallest absolute Gasteiger partial charge is 0.323 e. The lowest BCUT2D eigenvalue weighted by Crippen LogP contribution is -2.22. The fraction of sp³-hybridized carbons (Fsp3) is 0.105. The number of hydrogen-bond donors (Lipinski definition) is 3. The summed E-state index contributed by atoms with van der Waals surface area (Å²) in [4.78, 5) is 33.7. The number of nitrogens with one attached hydrogen (secondary N) is 3. The third-order valence-corrected chi connectivity index (χ3v) is 5.06. The first-order valence-electron chi connectivity index (χ1n) is 8.14. The maximum atomic E-state index is 12.5. The first-order valence-corrected chi connectivity index (χ1v) is 9.02. The number of fused-ring (bicyclic) bond motifs is 2. The van der Waals surface area contributed by atoms with Gasteiger partial charge in [0.05, 0.1) is 26.8 Å². The Kier molecular flexibility index (Phi) is 4.22. The second-order valence-corrected chi connectivity index (χ2v) is 7.29. The van der Waals surface area contributed by atoms with E-state index in [1.54, 1.807) is 18.2 Å². The first-order chi connectivity index (χ1) is 12.6. The minimum Gasteiger partial charge on any atom is -0.325 e. The lowest BCUT2D eigenvalue weighted by molar-refractivity contribution is -0.115. The molecule has 4 aromatic rings. The summed E-state index contributed by atoms with van der Waals surface area (Å²) in [6, 6.07) is 17.1. The number of pyridine rings is 1. The summed E-state index contributed by atoms with van der Waals surface area (Å²) >= 11 is 1.41. The van der Waals surface area contributed by atoms with Crippen molar-refractivity contribution in [3.05, 3.63) is 65.1 Å². The number of carbonyl (C=O) groups is 1. The highest BCUT2D eigenvalue weighted by Crippen LogP contribution is 2.25. The molecule has 7 heteroatoms. The highest BCUT2D eigenvalue weighted by Gasteiger charge is 2.16. The van der Waals surface area contributed by atoms with Crippen LogP contribution in [0.1, 0.15) is 6.92 Å². The molecule has 3 N–H and O–H groups in total. The van der Waals surface area contributed by atoms with Crippen LogP contribution in [0.3, 0.4) is 0 Å². The Morgan fingerprint density at radius 1 is 1.08 bits per heavy atom. The van der Waals surface area contributed by atoms with E-state index < -0.39 is 0 Å². The maximum Gasteiger partial charge on any atom is 0.323 e. The largest absolute Gasteiger partial charge is 0.325 e. The summed E-state index contributed by atoms with van der Waals surface area (Å²) < 4.78 is 0. The Labute approximate surface area is 153 Å². The van der Waals surface area contributed by atoms with Gasteiger partial charge in [0, 0.05) is 11.1 Å². The monoisotopic (exact) mass is 364 g/mol. The molecule has 0 bridgehead atoms. The quantitative estimate of drug-likeness (QED) is 0.483. The first kappa shape index (κ1) is 16.4. The van der Waals surface area contributed by atoms with Gasteiger partial charge in [-0.3, -0.25) is 4.79 Å². The number of H-pyrrole nitrogens is 2. The molecule has 0 saturated heterocycles. The molecule has 130 valence electrons. The Balaban J connectivity index is 1.48. The van der Waals surface area contributed by atoms with Gasteiger partial charge in [0.25, 0.3) is 0 Å². The highest BCUT2D eigenvalue weighted by atomic mass is 32.2. The number of anilines is 1. The van der Waals surface area contributed by atoms with Crippen LogP contribution in [0.4, 0.5) is 5.69 Å². The van der Waals surface area contributed by atoms with Gasteiger partial charge in [-0.2, -0.15) is 0 Å². The van der Waals surface area contributed by atoms with Crippen LogP contribution in [0, 0.1) is 0 Å². The van der Waals surface area contributed by atoms with Crippen LogP contribution in [-0.4, -0.2) is 26.1 Å². The third kappa shape index (κ3) is 3.34. The number of imidazole rings is 1. The van der Waals surface area contributed by atoms with Crippen molar-refractivity contribution in [2.45, 2.75) is 17.2 Å². The third-order valence-electron chi connectivity index (χ3n) is 4.02. The fourth-order valence-electron chi connectivity index (χ4n) is 2.70. The molecule has 0 aliphatic heterocycles. The van der Waals surface area contributed by atoms with Crippen LogP contribution in [0.5, 0.6) is 0 Å². The number of amides is 1. The molecule has 1 amide bonds. The molecule has 2 aromatic heterocycles. The molecule has 1 atom stereocenters. The summed E-state index contributed by atoms with van der Waals surface area (Å²) in [5.41, 5.74) is 2.64. The van der Waals surface area contributed by atoms with Crippen LogP contribution < -0.4 is 11.0 Å². The van der Waals surface area contributed by atoms with Crippen molar-refractivity contribution in [1.82, 2.24) is 15.0 Å². The predicted molar refractivity (Wildman–Crippen MR) is 105 cm³/mol. The molecule has 2 heterocycles. The van der Waals surface area contributed by atoms with Crippen LogP contribution >= 0.6 is 11.8 Å². The molecular formula is C19H16N4O2S. The number of aromatic nitrogens is 3. The van der Waals surface area contributed by atoms with Crippen LogP contribution in [-0.2, 0) is 4.79 Å². The standard InChI is InChI=1S/C19H16N4O2S/c1-11(26-17-9-6-12-4-2-3-5-14(12)21-17)18(24)20-13-7-8-15-16(10-13)23-19(25)22-15/h2-11H,1H3,(H,20,24)(H2,22,23,25)/t11-/m0/s1. The molecule has 4 rings (SSSR count). The molecule has 2 aromatic carbocycles. The average molecular weight is 364 g/mol. The minimum absolute atomic E-state index is 0.123. The number of thioether (sulfide) groups is 1. The Bertz CT molecular complexity index is 1160. The van der Waals surface area contributed by atoms with Gasteiger partial charge >= 0.3 is 5.69 Å². The van der Waals surface area contributed by atoms with Crippen LogP contribution in [0.15, 0.2) is 64.4 Å². The number of para-hydroxylation sites is 1. The normalized spacial score (nSPS) is 12.3. The van der Waals surface area contributed by atoms with Gasteiger partial charge in [-0.1, -0.05) is 36.0 Å². The summed E-state index contributed by atoms with van der Waals surface area (Å²) in [5.74, 6) is -0.123. The number of nitrogens with zero attached hydrogens (tertiary/aromatic N) is 1. The molecule has 0 fully saturated rings. The van der Waals surface area contributed by atoms with Gasteiger partial charge in [0.1, 0.15) is 0 Å². The van der Waals surface area contributed by atoms with Gasteiger partial charge in [-0.05, 0) is 37.3 Å². The molecule has 0 unspecified atom stereocenters. The van der Waals surface area contributed by atoms with Crippen molar-refractivity contribution in [2.75, 3.05) is 5.32 Å². The zero-order valence-corrected chi connectivity index (χ0v) is 14.8. The van der Waals surface area contributed by atoms with Crippen molar-refractivity contribution in [1.29, 1.82) is 0 Å². The second kappa shape index (κ2) is 6.68. The SMILES string of the molecule is C[C@H](Sc1ccc2ccccc2n1)C(=O)Nc1ccc2[nH]c(=O)[nH]c2c1. The molecule has 0 radical (unpaired) electrons. The van der Waals surface area contributed by atoms with E-state index in [0.717, 1.165) is 15.9 Å². The van der Waals surface area contributed by atoms with Crippen molar-refractivity contribution < 1.29 is 4.79 Å². The lowest BCUT2D eigenvalue weighted by atomic mass is 10.2.